The summed E-state index contributed by atoms with van der Waals surface area (Å²) in [7, 11) is 0. The first-order chi connectivity index (χ1) is 24.1. The van der Waals surface area contributed by atoms with Gasteiger partial charge in [-0.2, -0.15) is 5.26 Å². The highest BCUT2D eigenvalue weighted by molar-refractivity contribution is 5.95. The summed E-state index contributed by atoms with van der Waals surface area (Å²) in [6, 6.07) is 12.8. The van der Waals surface area contributed by atoms with Gasteiger partial charge in [0, 0.05) is 36.3 Å². The maximum atomic E-state index is 13.4. The molecule has 3 aliphatic rings. The topological polar surface area (TPSA) is 209 Å². The van der Waals surface area contributed by atoms with Crippen LogP contribution in [-0.4, -0.2) is 102 Å². The van der Waals surface area contributed by atoms with E-state index in [1.54, 1.807) is 44.7 Å². The van der Waals surface area contributed by atoms with Gasteiger partial charge >= 0.3 is 0 Å². The van der Waals surface area contributed by atoms with E-state index in [9.17, 15) is 29.9 Å². The Morgan fingerprint density at radius 3 is 2.04 bits per heavy atom. The van der Waals surface area contributed by atoms with Crippen molar-refractivity contribution in [1.29, 1.82) is 5.26 Å². The molecule has 2 aromatic carbocycles. The third kappa shape index (κ3) is 7.66. The summed E-state index contributed by atoms with van der Waals surface area (Å²) in [5, 5.41) is 54.5. The Bertz CT molecular complexity index is 1760. The van der Waals surface area contributed by atoms with Crippen LogP contribution in [0.2, 0.25) is 0 Å². The van der Waals surface area contributed by atoms with E-state index in [0.717, 1.165) is 35.1 Å². The lowest BCUT2D eigenvalue weighted by Gasteiger charge is -2.37. The van der Waals surface area contributed by atoms with E-state index in [1.807, 2.05) is 31.2 Å². The van der Waals surface area contributed by atoms with E-state index in [1.165, 1.54) is 0 Å². The SMILES string of the molecule is C[C@H](CC1(c2nnn[nH]2)c2ccc(C(=O)NCC(C)(C)O)cc2CCc2cc(C(=O)NCC(C)(C)O)ccc21)NCC(=O)N1C(C#N)C[C@@H]2C[C@@H]21. The minimum atomic E-state index is -1.08. The Morgan fingerprint density at radius 2 is 1.55 bits per heavy atom. The number of aliphatic hydroxyl groups is 2. The molecule has 4 atom stereocenters. The Labute approximate surface area is 297 Å². The van der Waals surface area contributed by atoms with Crippen LogP contribution in [0.25, 0.3) is 0 Å². The second-order valence-electron chi connectivity index (χ2n) is 15.6. The van der Waals surface area contributed by atoms with Gasteiger partial charge in [-0.3, -0.25) is 14.4 Å². The number of H-pyrrole nitrogens is 1. The number of piperidine rings is 1. The van der Waals surface area contributed by atoms with Crippen LogP contribution in [0.1, 0.15) is 103 Å². The number of tetrazole rings is 1. The lowest BCUT2D eigenvalue weighted by molar-refractivity contribution is -0.131. The number of aromatic amines is 1. The average molecular weight is 698 g/mol. The first-order valence-corrected chi connectivity index (χ1v) is 17.6. The van der Waals surface area contributed by atoms with Crippen molar-refractivity contribution < 1.29 is 24.6 Å². The van der Waals surface area contributed by atoms with Gasteiger partial charge in [0.25, 0.3) is 11.8 Å². The molecular weight excluding hydrogens is 650 g/mol. The largest absolute Gasteiger partial charge is 0.389 e. The van der Waals surface area contributed by atoms with E-state index >= 15 is 0 Å². The first kappa shape index (κ1) is 36.1. The van der Waals surface area contributed by atoms with E-state index in [-0.39, 0.29) is 49.4 Å². The molecule has 2 heterocycles. The van der Waals surface area contributed by atoms with E-state index in [2.05, 4.69) is 42.6 Å². The van der Waals surface area contributed by atoms with E-state index < -0.39 is 22.7 Å². The van der Waals surface area contributed by atoms with Crippen molar-refractivity contribution in [3.05, 3.63) is 75.6 Å². The molecule has 14 heteroatoms. The van der Waals surface area contributed by atoms with Crippen LogP contribution < -0.4 is 16.0 Å². The zero-order valence-electron chi connectivity index (χ0n) is 29.8. The van der Waals surface area contributed by atoms with Gasteiger partial charge in [-0.25, -0.2) is 5.10 Å². The fourth-order valence-corrected chi connectivity index (χ4v) is 7.65. The van der Waals surface area contributed by atoms with Gasteiger partial charge in [-0.1, -0.05) is 12.1 Å². The summed E-state index contributed by atoms with van der Waals surface area (Å²) in [5.41, 5.74) is 1.26. The van der Waals surface area contributed by atoms with Crippen LogP contribution >= 0.6 is 0 Å². The molecule has 270 valence electrons. The average Bonchev–Trinajstić information content (AvgIpc) is 3.46. The Kier molecular flexibility index (Phi) is 9.75. The summed E-state index contributed by atoms with van der Waals surface area (Å²) in [5.74, 6) is 0.155. The molecule has 2 aliphatic carbocycles. The van der Waals surface area contributed by atoms with Crippen molar-refractivity contribution >= 4 is 17.7 Å². The molecule has 1 aromatic heterocycles. The first-order valence-electron chi connectivity index (χ1n) is 17.6. The predicted molar refractivity (Wildman–Crippen MR) is 186 cm³/mol. The monoisotopic (exact) mass is 697 g/mol. The second kappa shape index (κ2) is 13.8. The molecule has 6 rings (SSSR count). The molecule has 0 spiro atoms. The summed E-state index contributed by atoms with van der Waals surface area (Å²) in [6.45, 7) is 8.71. The van der Waals surface area contributed by atoms with Gasteiger partial charge in [0.15, 0.2) is 5.82 Å². The highest BCUT2D eigenvalue weighted by Crippen LogP contribution is 2.48. The number of hydrogen-bond donors (Lipinski definition) is 6. The van der Waals surface area contributed by atoms with Crippen LogP contribution in [0.5, 0.6) is 0 Å². The molecule has 0 bridgehead atoms. The molecule has 1 saturated carbocycles. The molecule has 1 unspecified atom stereocenters. The number of amides is 3. The molecule has 1 aliphatic heterocycles. The van der Waals surface area contributed by atoms with Gasteiger partial charge in [-0.15, -0.1) is 5.10 Å². The van der Waals surface area contributed by atoms with Crippen LogP contribution in [0, 0.1) is 17.2 Å². The van der Waals surface area contributed by atoms with Crippen molar-refractivity contribution in [2.45, 2.75) is 101 Å². The highest BCUT2D eigenvalue weighted by Gasteiger charge is 2.54. The van der Waals surface area contributed by atoms with Gasteiger partial charge in [-0.05, 0) is 130 Å². The maximum absolute atomic E-state index is 13.4. The van der Waals surface area contributed by atoms with Crippen molar-refractivity contribution in [3.63, 3.8) is 0 Å². The molecule has 51 heavy (non-hydrogen) atoms. The molecule has 1 saturated heterocycles. The number of carbonyl (C=O) groups excluding carboxylic acids is 3. The van der Waals surface area contributed by atoms with Crippen LogP contribution in [0.3, 0.4) is 0 Å². The molecule has 14 nitrogen and oxygen atoms in total. The standard InChI is InChI=1S/C37H47N9O5/c1-21(39-18-31(47)46-27(17-38)14-26-15-30(26)46)16-37(34-42-44-45-43-34)28-10-8-24(32(48)40-19-35(2,3)50)12-22(28)6-7-23-13-25(9-11-29(23)37)33(49)41-20-36(4,5)51/h8-13,21,26-27,30,39,50-51H,6-7,14-16,18-20H2,1-5H3,(H,40,48)(H,41,49)(H,42,43,44,45)/t21-,26-,27?,30+/m1/s1. The normalized spacial score (nSPS) is 21.0. The number of aromatic nitrogens is 4. The number of fused-ring (bicyclic) bond motifs is 3. The van der Waals surface area contributed by atoms with Crippen molar-refractivity contribution in [2.75, 3.05) is 19.6 Å². The molecular formula is C37H47N9O5. The van der Waals surface area contributed by atoms with Crippen LogP contribution in [0.15, 0.2) is 36.4 Å². The molecule has 3 aromatic rings. The smallest absolute Gasteiger partial charge is 0.251 e. The van der Waals surface area contributed by atoms with Crippen molar-refractivity contribution in [2.24, 2.45) is 5.92 Å². The number of aryl methyl sites for hydroxylation is 2. The highest BCUT2D eigenvalue weighted by atomic mass is 16.3. The minimum absolute atomic E-state index is 0.0631. The number of likely N-dealkylation sites (tertiary alicyclic amines) is 1. The predicted octanol–water partition coefficient (Wildman–Crippen LogP) is 1.52. The maximum Gasteiger partial charge on any atom is 0.251 e. The van der Waals surface area contributed by atoms with E-state index in [4.69, 9.17) is 0 Å². The van der Waals surface area contributed by atoms with Gasteiger partial charge in [0.05, 0.1) is 29.2 Å². The fourth-order valence-electron chi connectivity index (χ4n) is 7.65. The molecule has 6 N–H and O–H groups in total. The molecule has 3 amide bonds. The van der Waals surface area contributed by atoms with Crippen molar-refractivity contribution in [3.8, 4) is 6.07 Å². The molecule has 0 radical (unpaired) electrons. The zero-order chi connectivity index (χ0) is 36.7. The summed E-state index contributed by atoms with van der Waals surface area (Å²) < 4.78 is 0. The van der Waals surface area contributed by atoms with E-state index in [0.29, 0.717) is 42.1 Å². The van der Waals surface area contributed by atoms with Crippen molar-refractivity contribution in [1.82, 2.24) is 41.5 Å². The third-order valence-corrected chi connectivity index (χ3v) is 10.2. The lowest BCUT2D eigenvalue weighted by Crippen LogP contribution is -2.46. The molecule has 2 fully saturated rings. The van der Waals surface area contributed by atoms with Gasteiger partial charge in [0.2, 0.25) is 5.91 Å². The quantitative estimate of drug-likeness (QED) is 0.161. The number of carbonyl (C=O) groups is 3. The number of nitrogens with zero attached hydrogens (tertiary/aromatic N) is 5. The van der Waals surface area contributed by atoms with Gasteiger partial charge < -0.3 is 31.1 Å². The summed E-state index contributed by atoms with van der Waals surface area (Å²) >= 11 is 0. The summed E-state index contributed by atoms with van der Waals surface area (Å²) in [6.07, 6.45) is 3.16. The lowest BCUT2D eigenvalue weighted by atomic mass is 9.67. The zero-order valence-corrected chi connectivity index (χ0v) is 29.8. The fraction of sp³-hybridized carbons (Fsp3) is 0.541. The Morgan fingerprint density at radius 1 is 0.980 bits per heavy atom. The number of benzene rings is 2. The van der Waals surface area contributed by atoms with Crippen LogP contribution in [-0.2, 0) is 23.1 Å². The second-order valence-corrected chi connectivity index (χ2v) is 15.6. The van der Waals surface area contributed by atoms with Crippen LogP contribution in [0.4, 0.5) is 0 Å². The number of nitrogens with one attached hydrogen (secondary N) is 4. The van der Waals surface area contributed by atoms with Gasteiger partial charge in [0.1, 0.15) is 6.04 Å². The number of rotatable bonds is 12. The minimum Gasteiger partial charge on any atom is -0.389 e. The number of nitriles is 1. The Hall–Kier alpha value is -4.71. The Balaban J connectivity index is 1.38. The number of hydrogen-bond acceptors (Lipinski definition) is 10. The third-order valence-electron chi connectivity index (χ3n) is 10.2. The summed E-state index contributed by atoms with van der Waals surface area (Å²) in [4.78, 5) is 41.6.